The highest BCUT2D eigenvalue weighted by Gasteiger charge is 2.50. The monoisotopic (exact) mass is 619 g/mol. The van der Waals surface area contributed by atoms with Gasteiger partial charge in [0, 0.05) is 32.4 Å². The molecule has 0 spiro atoms. The summed E-state index contributed by atoms with van der Waals surface area (Å²) in [4.78, 5) is 51.2. The second-order valence-electron chi connectivity index (χ2n) is 13.5. The highest BCUT2D eigenvalue weighted by atomic mass is 16.5. The number of imidazole rings is 1. The molecule has 2 aliphatic rings. The van der Waals surface area contributed by atoms with Crippen molar-refractivity contribution < 1.29 is 29.0 Å². The fourth-order valence-electron chi connectivity index (χ4n) is 6.74. The predicted molar refractivity (Wildman–Crippen MR) is 169 cm³/mol. The molecule has 0 bridgehead atoms. The van der Waals surface area contributed by atoms with Crippen LogP contribution in [0.5, 0.6) is 5.75 Å². The summed E-state index contributed by atoms with van der Waals surface area (Å²) in [6, 6.07) is 13.9. The van der Waals surface area contributed by atoms with Crippen LogP contribution in [0.4, 0.5) is 4.79 Å². The van der Waals surface area contributed by atoms with Gasteiger partial charge in [0.2, 0.25) is 5.91 Å². The Labute approximate surface area is 264 Å². The zero-order chi connectivity index (χ0) is 32.3. The maximum atomic E-state index is 14.8. The van der Waals surface area contributed by atoms with Crippen LogP contribution in [0.1, 0.15) is 57.2 Å². The van der Waals surface area contributed by atoms with Gasteiger partial charge in [0.15, 0.2) is 5.69 Å². The van der Waals surface area contributed by atoms with Gasteiger partial charge in [-0.15, -0.1) is 0 Å². The summed E-state index contributed by atoms with van der Waals surface area (Å²) >= 11 is 0. The van der Waals surface area contributed by atoms with E-state index in [1.807, 2.05) is 93.7 Å². The molecule has 0 aliphatic carbocycles. The van der Waals surface area contributed by atoms with Crippen LogP contribution >= 0.6 is 0 Å². The lowest BCUT2D eigenvalue weighted by molar-refractivity contribution is -0.144. The number of amides is 3. The van der Waals surface area contributed by atoms with Gasteiger partial charge in [0.25, 0.3) is 5.91 Å². The number of rotatable bonds is 8. The number of pyridine rings is 1. The zero-order valence-corrected chi connectivity index (χ0v) is 26.9. The minimum absolute atomic E-state index is 0.0733. The number of piperidine rings is 1. The molecule has 2 aliphatic heterocycles. The summed E-state index contributed by atoms with van der Waals surface area (Å²) in [5.41, 5.74) is 0.950. The Morgan fingerprint density at radius 3 is 2.40 bits per heavy atom. The van der Waals surface area contributed by atoms with E-state index in [4.69, 9.17) is 14.5 Å². The van der Waals surface area contributed by atoms with Gasteiger partial charge in [0.1, 0.15) is 18.0 Å². The lowest BCUT2D eigenvalue weighted by Crippen LogP contribution is -2.66. The van der Waals surface area contributed by atoms with Gasteiger partial charge in [0.05, 0.1) is 36.9 Å². The molecule has 4 heterocycles. The molecule has 5 rings (SSSR count). The molecule has 3 aromatic rings. The molecule has 45 heavy (non-hydrogen) atoms. The minimum atomic E-state index is -1.10. The van der Waals surface area contributed by atoms with E-state index in [2.05, 4.69) is 0 Å². The number of para-hydroxylation sites is 1. The molecule has 2 saturated heterocycles. The topological polar surface area (TPSA) is 117 Å². The Balaban J connectivity index is 1.57. The standard InChI is InChI=1S/C34H45N5O6/c1-23(2)20-38(32(41)29-27(22-45-25-11-7-6-8-12-25)37-14-10-9-13-28(37)35-29)26-19-24(31(40)36-15-17-44-18-16-36)21-39(33(42)43)30(26)34(3,4)5/h6-14,23-24,26,30H,15-22H2,1-5H3,(H,42,43)/t24-,26+,30?/m1/s1. The molecular formula is C34H45N5O6. The molecule has 2 aromatic heterocycles. The van der Waals surface area contributed by atoms with Gasteiger partial charge in [-0.2, -0.15) is 0 Å². The quantitative estimate of drug-likeness (QED) is 0.390. The molecule has 1 N–H and O–H groups in total. The van der Waals surface area contributed by atoms with Crippen LogP contribution in [-0.4, -0.2) is 98.6 Å². The number of morpholine rings is 1. The van der Waals surface area contributed by atoms with Gasteiger partial charge in [-0.3, -0.25) is 14.0 Å². The molecule has 3 atom stereocenters. The molecule has 2 fully saturated rings. The molecule has 0 saturated carbocycles. The van der Waals surface area contributed by atoms with Crippen LogP contribution in [0.25, 0.3) is 5.65 Å². The summed E-state index contributed by atoms with van der Waals surface area (Å²) in [7, 11) is 0. The number of benzene rings is 1. The van der Waals surface area contributed by atoms with E-state index in [1.165, 1.54) is 4.90 Å². The highest BCUT2D eigenvalue weighted by molar-refractivity contribution is 5.95. The van der Waals surface area contributed by atoms with Gasteiger partial charge in [-0.1, -0.05) is 58.9 Å². The first-order valence-electron chi connectivity index (χ1n) is 15.8. The van der Waals surface area contributed by atoms with Crippen molar-refractivity contribution in [2.24, 2.45) is 17.3 Å². The molecule has 0 radical (unpaired) electrons. The molecule has 242 valence electrons. The van der Waals surface area contributed by atoms with Crippen LogP contribution in [0, 0.1) is 17.3 Å². The summed E-state index contributed by atoms with van der Waals surface area (Å²) in [6.45, 7) is 12.4. The SMILES string of the molecule is CC(C)CN(C(=O)c1nc2ccccn2c1COc1ccccc1)[C@H]1C[C@@H](C(=O)N2CCOCC2)CN(C(=O)O)C1C(C)(C)C. The summed E-state index contributed by atoms with van der Waals surface area (Å²) in [5, 5.41) is 10.5. The highest BCUT2D eigenvalue weighted by Crippen LogP contribution is 2.38. The van der Waals surface area contributed by atoms with E-state index in [0.29, 0.717) is 56.4 Å². The Morgan fingerprint density at radius 2 is 1.76 bits per heavy atom. The van der Waals surface area contributed by atoms with Gasteiger partial charge in [-0.05, 0) is 42.0 Å². The number of hydrogen-bond donors (Lipinski definition) is 1. The molecular weight excluding hydrogens is 574 g/mol. The third-order valence-electron chi connectivity index (χ3n) is 8.62. The van der Waals surface area contributed by atoms with Crippen molar-refractivity contribution in [1.29, 1.82) is 0 Å². The average molecular weight is 620 g/mol. The second kappa shape index (κ2) is 13.5. The summed E-state index contributed by atoms with van der Waals surface area (Å²) in [5.74, 6) is -0.245. The predicted octanol–water partition coefficient (Wildman–Crippen LogP) is 4.65. The van der Waals surface area contributed by atoms with E-state index in [9.17, 15) is 19.5 Å². The van der Waals surface area contributed by atoms with Crippen molar-refractivity contribution in [3.8, 4) is 5.75 Å². The lowest BCUT2D eigenvalue weighted by atomic mass is 9.74. The van der Waals surface area contributed by atoms with E-state index >= 15 is 0 Å². The van der Waals surface area contributed by atoms with Gasteiger partial charge in [-0.25, -0.2) is 9.78 Å². The summed E-state index contributed by atoms with van der Waals surface area (Å²) in [6.07, 6.45) is 1.11. The first-order chi connectivity index (χ1) is 21.5. The molecule has 1 aromatic carbocycles. The molecule has 3 amide bonds. The molecule has 11 heteroatoms. The number of carbonyl (C=O) groups is 3. The third-order valence-corrected chi connectivity index (χ3v) is 8.62. The van der Waals surface area contributed by atoms with Crippen LogP contribution in [0.15, 0.2) is 54.7 Å². The van der Waals surface area contributed by atoms with Gasteiger partial charge >= 0.3 is 6.09 Å². The third kappa shape index (κ3) is 7.08. The Morgan fingerprint density at radius 1 is 1.07 bits per heavy atom. The largest absolute Gasteiger partial charge is 0.487 e. The fraction of sp³-hybridized carbons (Fsp3) is 0.529. The number of likely N-dealkylation sites (tertiary alicyclic amines) is 1. The second-order valence-corrected chi connectivity index (χ2v) is 13.5. The normalized spacial score (nSPS) is 20.8. The van der Waals surface area contributed by atoms with Crippen molar-refractivity contribution in [2.75, 3.05) is 39.4 Å². The van der Waals surface area contributed by atoms with Crippen molar-refractivity contribution >= 4 is 23.6 Å². The number of ether oxygens (including phenoxy) is 2. The molecule has 11 nitrogen and oxygen atoms in total. The van der Waals surface area contributed by atoms with Crippen molar-refractivity contribution in [3.05, 3.63) is 66.1 Å². The number of carboxylic acid groups (broad SMARTS) is 1. The van der Waals surface area contributed by atoms with Crippen LogP contribution < -0.4 is 4.74 Å². The number of carbonyl (C=O) groups excluding carboxylic acids is 2. The number of hydrogen-bond acceptors (Lipinski definition) is 6. The van der Waals surface area contributed by atoms with E-state index < -0.39 is 29.5 Å². The first kappa shape index (κ1) is 32.3. The van der Waals surface area contributed by atoms with E-state index in [-0.39, 0.29) is 36.6 Å². The number of nitrogens with zero attached hydrogens (tertiary/aromatic N) is 5. The maximum Gasteiger partial charge on any atom is 0.407 e. The Hall–Kier alpha value is -4.12. The van der Waals surface area contributed by atoms with Crippen molar-refractivity contribution in [1.82, 2.24) is 24.1 Å². The van der Waals surface area contributed by atoms with Crippen molar-refractivity contribution in [2.45, 2.75) is 59.7 Å². The Bertz CT molecular complexity index is 1490. The van der Waals surface area contributed by atoms with Crippen LogP contribution in [-0.2, 0) is 16.1 Å². The van der Waals surface area contributed by atoms with E-state index in [1.54, 1.807) is 9.80 Å². The Kier molecular flexibility index (Phi) is 9.67. The smallest absolute Gasteiger partial charge is 0.407 e. The van der Waals surface area contributed by atoms with Crippen molar-refractivity contribution in [3.63, 3.8) is 0 Å². The van der Waals surface area contributed by atoms with Gasteiger partial charge < -0.3 is 29.3 Å². The summed E-state index contributed by atoms with van der Waals surface area (Å²) < 4.78 is 13.4. The van der Waals surface area contributed by atoms with Crippen LogP contribution in [0.3, 0.4) is 0 Å². The van der Waals surface area contributed by atoms with E-state index in [0.717, 1.165) is 0 Å². The lowest BCUT2D eigenvalue weighted by Gasteiger charge is -2.52. The molecule has 1 unspecified atom stereocenters. The fourth-order valence-corrected chi connectivity index (χ4v) is 6.74. The van der Waals surface area contributed by atoms with Crippen LogP contribution in [0.2, 0.25) is 0 Å². The number of fused-ring (bicyclic) bond motifs is 1. The zero-order valence-electron chi connectivity index (χ0n) is 26.9. The number of aromatic nitrogens is 2. The first-order valence-corrected chi connectivity index (χ1v) is 15.8. The maximum absolute atomic E-state index is 14.8. The average Bonchev–Trinajstić information content (AvgIpc) is 3.40. The minimum Gasteiger partial charge on any atom is -0.487 e.